The summed E-state index contributed by atoms with van der Waals surface area (Å²) in [5, 5.41) is 11.8. The predicted octanol–water partition coefficient (Wildman–Crippen LogP) is 14.5. The van der Waals surface area contributed by atoms with E-state index in [0.717, 1.165) is 22.3 Å². The molecule has 7 rings (SSSR count). The second-order valence-electron chi connectivity index (χ2n) is 20.7. The third-order valence-corrected chi connectivity index (χ3v) is 11.6. The molecule has 0 amide bonds. The summed E-state index contributed by atoms with van der Waals surface area (Å²) in [6.45, 7) is 26.1. The van der Waals surface area contributed by atoms with E-state index in [1.54, 1.807) is 12.2 Å². The van der Waals surface area contributed by atoms with Crippen LogP contribution in [-0.2, 0) is 36.0 Å². The molecule has 0 spiro atoms. The lowest BCUT2D eigenvalue weighted by Gasteiger charge is -2.23. The molecule has 2 aliphatic rings. The maximum absolute atomic E-state index is 13.8. The number of Topliss-reactive ketones (excluding diaryl/α,β-unsaturated/α-hetero) is 2. The first-order valence-corrected chi connectivity index (χ1v) is 21.4. The van der Waals surface area contributed by atoms with Crippen molar-refractivity contribution in [3.8, 4) is 22.6 Å². The molecule has 0 bridgehead atoms. The monoisotopic (exact) mass is 823 g/mol. The zero-order chi connectivity index (χ0) is 44.9. The molecule has 5 aromatic rings. The smallest absolute Gasteiger partial charge is 0.361 e. The Kier molecular flexibility index (Phi) is 11.4. The lowest BCUT2D eigenvalue weighted by Crippen LogP contribution is -2.11. The van der Waals surface area contributed by atoms with Gasteiger partial charge in [0.2, 0.25) is 11.6 Å². The average Bonchev–Trinajstić information content (AvgIpc) is 3.41. The van der Waals surface area contributed by atoms with Gasteiger partial charge in [-0.05, 0) is 104 Å². The molecule has 1 aromatic heterocycles. The summed E-state index contributed by atoms with van der Waals surface area (Å²) in [6.07, 6.45) is 6.84. The number of carbonyl (C=O) groups excluding carboxylic acids is 2. The molecule has 2 heterocycles. The fraction of sp³-hybridized carbons (Fsp3) is 0.281. The van der Waals surface area contributed by atoms with Crippen LogP contribution in [0.2, 0.25) is 0 Å². The largest absolute Gasteiger partial charge is 0.506 e. The summed E-state index contributed by atoms with van der Waals surface area (Å²) in [5.41, 5.74) is 9.14. The molecule has 5 heteroatoms. The van der Waals surface area contributed by atoms with Crippen LogP contribution < -0.4 is 0 Å². The van der Waals surface area contributed by atoms with Gasteiger partial charge in [-0.2, -0.15) is 0 Å². The van der Waals surface area contributed by atoms with Gasteiger partial charge in [-0.3, -0.25) is 9.59 Å². The van der Waals surface area contributed by atoms with E-state index in [4.69, 9.17) is 9.15 Å². The van der Waals surface area contributed by atoms with Crippen LogP contribution in [0.3, 0.4) is 0 Å². The van der Waals surface area contributed by atoms with Crippen molar-refractivity contribution in [3.63, 3.8) is 0 Å². The van der Waals surface area contributed by atoms with Crippen molar-refractivity contribution >= 4 is 29.2 Å². The highest BCUT2D eigenvalue weighted by molar-refractivity contribution is 6.54. The van der Waals surface area contributed by atoms with Crippen LogP contribution in [0.25, 0.3) is 40.2 Å². The molecule has 1 aliphatic carbocycles. The van der Waals surface area contributed by atoms with Crippen molar-refractivity contribution in [1.29, 1.82) is 0 Å². The molecule has 4 aromatic carbocycles. The second-order valence-corrected chi connectivity index (χ2v) is 20.7. The van der Waals surface area contributed by atoms with Crippen molar-refractivity contribution in [2.45, 2.75) is 105 Å². The van der Waals surface area contributed by atoms with Gasteiger partial charge in [-0.25, -0.2) is 4.42 Å². The first-order chi connectivity index (χ1) is 29.0. The molecule has 0 radical (unpaired) electrons. The molecule has 0 saturated heterocycles. The number of hydrogen-bond donors (Lipinski definition) is 1. The first-order valence-electron chi connectivity index (χ1n) is 21.4. The van der Waals surface area contributed by atoms with Crippen LogP contribution in [0.4, 0.5) is 0 Å². The molecule has 0 saturated carbocycles. The topological polar surface area (TPSA) is 74.9 Å². The molecular weight excluding hydrogens is 765 g/mol. The van der Waals surface area contributed by atoms with E-state index < -0.39 is 11.6 Å². The number of ketones is 2. The van der Waals surface area contributed by atoms with Gasteiger partial charge >= 0.3 is 11.5 Å². The summed E-state index contributed by atoms with van der Waals surface area (Å²) >= 11 is 0. The van der Waals surface area contributed by atoms with Gasteiger partial charge in [-0.1, -0.05) is 156 Å². The summed E-state index contributed by atoms with van der Waals surface area (Å²) in [7, 11) is 0. The van der Waals surface area contributed by atoms with Crippen LogP contribution in [-0.4, -0.2) is 16.7 Å². The molecule has 0 unspecified atom stereocenters. The van der Waals surface area contributed by atoms with E-state index in [9.17, 15) is 14.7 Å². The minimum absolute atomic E-state index is 0.0249. The SMILES string of the molecule is CC(C)(C)c1ccc(C2=CC(=CC3=C(O)/C(=C\c4cc(-c5ccc(C(C)(C)C)cc5)[o+]c(-c5ccc(C(C)(C)C)cc5)c4)C(=O)C3=O)C=C(c3ccc(C(C)(C)C)cc3)O2)cc1. The minimum atomic E-state index is -0.779. The van der Waals surface area contributed by atoms with Crippen LogP contribution in [0.1, 0.15) is 122 Å². The van der Waals surface area contributed by atoms with E-state index in [1.165, 1.54) is 22.3 Å². The molecule has 5 nitrogen and oxygen atoms in total. The van der Waals surface area contributed by atoms with Crippen molar-refractivity contribution in [1.82, 2.24) is 0 Å². The number of allylic oxidation sites excluding steroid dienone is 6. The van der Waals surface area contributed by atoms with E-state index in [0.29, 0.717) is 34.2 Å². The summed E-state index contributed by atoms with van der Waals surface area (Å²) < 4.78 is 13.1. The third-order valence-electron chi connectivity index (χ3n) is 11.6. The van der Waals surface area contributed by atoms with Crippen LogP contribution >= 0.6 is 0 Å². The van der Waals surface area contributed by atoms with E-state index in [-0.39, 0.29) is 38.6 Å². The minimum Gasteiger partial charge on any atom is -0.506 e. The average molecular weight is 824 g/mol. The van der Waals surface area contributed by atoms with Crippen molar-refractivity contribution in [2.24, 2.45) is 0 Å². The Morgan fingerprint density at radius 1 is 0.468 bits per heavy atom. The highest BCUT2D eigenvalue weighted by Gasteiger charge is 2.36. The maximum atomic E-state index is 13.8. The Morgan fingerprint density at radius 3 is 1.15 bits per heavy atom. The molecule has 316 valence electrons. The lowest BCUT2D eigenvalue weighted by atomic mass is 9.86. The fourth-order valence-electron chi connectivity index (χ4n) is 7.52. The van der Waals surface area contributed by atoms with E-state index in [2.05, 4.69) is 132 Å². The summed E-state index contributed by atoms with van der Waals surface area (Å²) in [6, 6.07) is 36.7. The number of hydrogen-bond acceptors (Lipinski definition) is 4. The Balaban J connectivity index is 1.33. The Hall–Kier alpha value is -6.33. The molecule has 0 fully saturated rings. The maximum Gasteiger partial charge on any atom is 0.361 e. The Bertz CT molecular complexity index is 2550. The van der Waals surface area contributed by atoms with Gasteiger partial charge in [-0.15, -0.1) is 0 Å². The first kappa shape index (κ1) is 43.7. The van der Waals surface area contributed by atoms with Crippen LogP contribution in [0, 0.1) is 0 Å². The van der Waals surface area contributed by atoms with Crippen molar-refractivity contribution < 1.29 is 23.8 Å². The quantitative estimate of drug-likeness (QED) is 0.105. The highest BCUT2D eigenvalue weighted by atomic mass is 16.5. The number of ether oxygens (including phenoxy) is 1. The molecule has 0 atom stereocenters. The highest BCUT2D eigenvalue weighted by Crippen LogP contribution is 2.38. The molecule has 62 heavy (non-hydrogen) atoms. The number of benzene rings is 4. The fourth-order valence-corrected chi connectivity index (χ4v) is 7.52. The molecule has 1 aliphatic heterocycles. The molecular formula is C57H59O5+. The summed E-state index contributed by atoms with van der Waals surface area (Å²) in [5.74, 6) is 0.404. The number of aliphatic hydroxyl groups is 1. The zero-order valence-corrected chi connectivity index (χ0v) is 38.3. The van der Waals surface area contributed by atoms with Gasteiger partial charge in [0.1, 0.15) is 17.3 Å². The van der Waals surface area contributed by atoms with Crippen LogP contribution in [0.15, 0.2) is 154 Å². The standard InChI is InChI=1S/C57H58O5/c1-54(2,3)41-21-13-37(14-22-41)47-31-35(32-48(61-47)38-15-23-42(24-16-38)55(4,5)6)29-45-51(58)46(53(60)52(45)59)30-36-33-49(39-17-25-43(26-18-39)56(7,8)9)62-50(34-36)40-19-27-44(28-20-40)57(10,11)12/h13-34H,1-12H3/p+1. The number of aliphatic hydroxyl groups excluding tert-OH is 1. The van der Waals surface area contributed by atoms with Gasteiger partial charge in [0, 0.05) is 11.1 Å². The van der Waals surface area contributed by atoms with Gasteiger partial charge in [0.15, 0.2) is 0 Å². The second kappa shape index (κ2) is 16.2. The Morgan fingerprint density at radius 2 is 0.806 bits per heavy atom. The van der Waals surface area contributed by atoms with E-state index in [1.807, 2.05) is 72.8 Å². The van der Waals surface area contributed by atoms with Crippen molar-refractivity contribution in [2.75, 3.05) is 0 Å². The summed E-state index contributed by atoms with van der Waals surface area (Å²) in [4.78, 5) is 27.6. The van der Waals surface area contributed by atoms with Crippen LogP contribution in [0.5, 0.6) is 0 Å². The normalized spacial score (nSPS) is 15.8. The van der Waals surface area contributed by atoms with Crippen molar-refractivity contribution in [3.05, 3.63) is 189 Å². The van der Waals surface area contributed by atoms with Gasteiger partial charge in [0.05, 0.1) is 34.4 Å². The third kappa shape index (κ3) is 9.43. The van der Waals surface area contributed by atoms with Gasteiger partial charge < -0.3 is 9.84 Å². The predicted molar refractivity (Wildman–Crippen MR) is 254 cm³/mol. The van der Waals surface area contributed by atoms with Gasteiger partial charge in [0.25, 0.3) is 0 Å². The number of rotatable bonds is 6. The number of carbonyl (C=O) groups is 2. The Labute approximate surface area is 367 Å². The molecule has 1 N–H and O–H groups in total. The lowest BCUT2D eigenvalue weighted by molar-refractivity contribution is -0.131. The zero-order valence-electron chi connectivity index (χ0n) is 38.3. The van der Waals surface area contributed by atoms with E-state index >= 15 is 0 Å².